The van der Waals surface area contributed by atoms with Gasteiger partial charge in [-0.05, 0) is 12.1 Å². The number of benzene rings is 1. The first-order valence-electron chi connectivity index (χ1n) is 5.37. The number of anilines is 1. The van der Waals surface area contributed by atoms with E-state index in [0.29, 0.717) is 5.75 Å². The zero-order valence-electron chi connectivity index (χ0n) is 10.2. The number of rotatable bonds is 6. The van der Waals surface area contributed by atoms with Crippen LogP contribution < -0.4 is 10.5 Å². The highest BCUT2D eigenvalue weighted by molar-refractivity contribution is 7.89. The minimum Gasteiger partial charge on any atom is -0.394 e. The van der Waals surface area contributed by atoms with E-state index in [2.05, 4.69) is 4.72 Å². The summed E-state index contributed by atoms with van der Waals surface area (Å²) in [6.45, 7) is 1.60. The van der Waals surface area contributed by atoms with Crippen molar-refractivity contribution in [1.82, 2.24) is 4.72 Å². The Balaban J connectivity index is 2.90. The lowest BCUT2D eigenvalue weighted by atomic mass is 10.3. The molecule has 9 heteroatoms. The van der Waals surface area contributed by atoms with Crippen LogP contribution in [0.2, 0.25) is 0 Å². The molecular formula is C10H14F2N2O3S2. The molecule has 5 nitrogen and oxygen atoms in total. The number of sulfonamides is 1. The van der Waals surface area contributed by atoms with E-state index in [4.69, 9.17) is 5.73 Å². The van der Waals surface area contributed by atoms with Crippen LogP contribution in [0.1, 0.15) is 6.92 Å². The highest BCUT2D eigenvalue weighted by Gasteiger charge is 2.22. The van der Waals surface area contributed by atoms with Gasteiger partial charge < -0.3 is 5.73 Å². The largest absolute Gasteiger partial charge is 0.394 e. The molecule has 1 aromatic rings. The predicted octanol–water partition coefficient (Wildman–Crippen LogP) is 0.594. The molecule has 0 aromatic heterocycles. The van der Waals surface area contributed by atoms with E-state index in [0.717, 1.165) is 12.1 Å². The maximum atomic E-state index is 13.6. The molecular weight excluding hydrogens is 298 g/mol. The van der Waals surface area contributed by atoms with Crippen molar-refractivity contribution in [3.63, 3.8) is 0 Å². The Labute approximate surface area is 112 Å². The van der Waals surface area contributed by atoms with Gasteiger partial charge in [-0.25, -0.2) is 21.9 Å². The fourth-order valence-corrected chi connectivity index (χ4v) is 3.14. The Morgan fingerprint density at radius 3 is 2.58 bits per heavy atom. The number of nitrogens with one attached hydrogen (secondary N) is 1. The van der Waals surface area contributed by atoms with Crippen LogP contribution in [0.25, 0.3) is 0 Å². The van der Waals surface area contributed by atoms with Crippen molar-refractivity contribution >= 4 is 26.5 Å². The summed E-state index contributed by atoms with van der Waals surface area (Å²) < 4.78 is 63.2. The van der Waals surface area contributed by atoms with Crippen molar-refractivity contribution in [3.05, 3.63) is 23.8 Å². The summed E-state index contributed by atoms with van der Waals surface area (Å²) >= 11 is 0. The Morgan fingerprint density at radius 1 is 1.37 bits per heavy atom. The highest BCUT2D eigenvalue weighted by atomic mass is 32.2. The van der Waals surface area contributed by atoms with Gasteiger partial charge in [0.15, 0.2) is 5.82 Å². The Hall–Kier alpha value is -1.06. The third-order valence-electron chi connectivity index (χ3n) is 2.32. The number of halogens is 2. The van der Waals surface area contributed by atoms with E-state index in [-0.39, 0.29) is 12.3 Å². The molecule has 0 aliphatic rings. The van der Waals surface area contributed by atoms with Gasteiger partial charge in [0.05, 0.1) is 0 Å². The standard InChI is InChI=1S/C10H14F2N2O3S2/c1-2-18(15)6-5-14-19(16,17)8-4-3-7(11)10(13)9(8)12/h3-4,14H,2,5-6,13H2,1H3. The minimum atomic E-state index is -4.14. The molecule has 0 saturated heterocycles. The first-order chi connectivity index (χ1) is 8.79. The maximum absolute atomic E-state index is 13.6. The summed E-state index contributed by atoms with van der Waals surface area (Å²) in [7, 11) is -5.28. The Kier molecular flexibility index (Phi) is 5.39. The molecule has 0 saturated carbocycles. The monoisotopic (exact) mass is 312 g/mol. The topological polar surface area (TPSA) is 89.3 Å². The second kappa shape index (κ2) is 6.40. The van der Waals surface area contributed by atoms with Crippen molar-refractivity contribution in [2.75, 3.05) is 23.8 Å². The van der Waals surface area contributed by atoms with Crippen LogP contribution in [0.4, 0.5) is 14.5 Å². The molecule has 0 aliphatic carbocycles. The van der Waals surface area contributed by atoms with Crippen LogP contribution in [0, 0.1) is 11.6 Å². The molecule has 1 rings (SSSR count). The van der Waals surface area contributed by atoms with Crippen LogP contribution in [0.15, 0.2) is 17.0 Å². The molecule has 19 heavy (non-hydrogen) atoms. The first-order valence-corrected chi connectivity index (χ1v) is 8.34. The molecule has 1 aromatic carbocycles. The van der Waals surface area contributed by atoms with Crippen molar-refractivity contribution < 1.29 is 21.4 Å². The summed E-state index contributed by atoms with van der Waals surface area (Å²) in [5.74, 6) is -1.83. The zero-order chi connectivity index (χ0) is 14.6. The minimum absolute atomic E-state index is 0.0977. The fraction of sp³-hybridized carbons (Fsp3) is 0.400. The van der Waals surface area contributed by atoms with Gasteiger partial charge in [-0.1, -0.05) is 6.92 Å². The molecule has 0 amide bonds. The highest BCUT2D eigenvalue weighted by Crippen LogP contribution is 2.22. The predicted molar refractivity (Wildman–Crippen MR) is 69.5 cm³/mol. The molecule has 3 N–H and O–H groups in total. The van der Waals surface area contributed by atoms with E-state index < -0.39 is 43.0 Å². The van der Waals surface area contributed by atoms with Gasteiger partial charge in [0, 0.05) is 28.9 Å². The van der Waals surface area contributed by atoms with Gasteiger partial charge in [0.2, 0.25) is 10.0 Å². The number of hydrogen-bond acceptors (Lipinski definition) is 4. The van der Waals surface area contributed by atoms with Crippen LogP contribution in [-0.4, -0.2) is 30.7 Å². The van der Waals surface area contributed by atoms with Crippen molar-refractivity contribution in [2.24, 2.45) is 0 Å². The molecule has 0 radical (unpaired) electrons. The maximum Gasteiger partial charge on any atom is 0.243 e. The van der Waals surface area contributed by atoms with Crippen molar-refractivity contribution in [1.29, 1.82) is 0 Å². The lowest BCUT2D eigenvalue weighted by Gasteiger charge is -2.09. The Morgan fingerprint density at radius 2 is 2.00 bits per heavy atom. The second-order valence-corrected chi connectivity index (χ2v) is 7.20. The number of nitrogens with two attached hydrogens (primary N) is 1. The van der Waals surface area contributed by atoms with Crippen LogP contribution in [0.3, 0.4) is 0 Å². The van der Waals surface area contributed by atoms with Gasteiger partial charge in [0.25, 0.3) is 0 Å². The van der Waals surface area contributed by atoms with Crippen LogP contribution in [0.5, 0.6) is 0 Å². The third kappa shape index (κ3) is 3.95. The quantitative estimate of drug-likeness (QED) is 0.753. The smallest absolute Gasteiger partial charge is 0.243 e. The van der Waals surface area contributed by atoms with E-state index in [1.54, 1.807) is 6.92 Å². The van der Waals surface area contributed by atoms with Crippen LogP contribution in [-0.2, 0) is 20.8 Å². The fourth-order valence-electron chi connectivity index (χ4n) is 1.27. The number of nitrogen functional groups attached to an aromatic ring is 1. The second-order valence-electron chi connectivity index (χ2n) is 3.60. The lowest BCUT2D eigenvalue weighted by Crippen LogP contribution is -2.29. The molecule has 0 aliphatic heterocycles. The van der Waals surface area contributed by atoms with Gasteiger partial charge in [0.1, 0.15) is 16.4 Å². The zero-order valence-corrected chi connectivity index (χ0v) is 11.8. The normalized spacial score (nSPS) is 13.4. The number of hydrogen-bond donors (Lipinski definition) is 2. The SMILES string of the molecule is CCS(=O)CCNS(=O)(=O)c1ccc(F)c(N)c1F. The Bertz CT molecular complexity index is 591. The summed E-state index contributed by atoms with van der Waals surface area (Å²) in [5, 5.41) is 0. The molecule has 0 bridgehead atoms. The lowest BCUT2D eigenvalue weighted by molar-refractivity contribution is 0.549. The van der Waals surface area contributed by atoms with E-state index >= 15 is 0 Å². The van der Waals surface area contributed by atoms with Crippen LogP contribution >= 0.6 is 0 Å². The molecule has 0 fully saturated rings. The molecule has 0 heterocycles. The third-order valence-corrected chi connectivity index (χ3v) is 5.11. The molecule has 0 spiro atoms. The average molecular weight is 312 g/mol. The average Bonchev–Trinajstić information content (AvgIpc) is 2.35. The molecule has 1 atom stereocenters. The summed E-state index contributed by atoms with van der Waals surface area (Å²) in [6.07, 6.45) is 0. The summed E-state index contributed by atoms with van der Waals surface area (Å²) in [6, 6.07) is 1.57. The van der Waals surface area contributed by atoms with E-state index in [1.807, 2.05) is 0 Å². The summed E-state index contributed by atoms with van der Waals surface area (Å²) in [4.78, 5) is -0.728. The van der Waals surface area contributed by atoms with E-state index in [1.165, 1.54) is 0 Å². The molecule has 108 valence electrons. The van der Waals surface area contributed by atoms with Gasteiger partial charge in [-0.3, -0.25) is 4.21 Å². The molecule has 1 unspecified atom stereocenters. The summed E-state index contributed by atoms with van der Waals surface area (Å²) in [5.41, 5.74) is 4.24. The van der Waals surface area contributed by atoms with Gasteiger partial charge in [-0.15, -0.1) is 0 Å². The van der Waals surface area contributed by atoms with Gasteiger partial charge >= 0.3 is 0 Å². The first kappa shape index (κ1) is 16.0. The van der Waals surface area contributed by atoms with E-state index in [9.17, 15) is 21.4 Å². The van der Waals surface area contributed by atoms with Crippen molar-refractivity contribution in [2.45, 2.75) is 11.8 Å². The van der Waals surface area contributed by atoms with Gasteiger partial charge in [-0.2, -0.15) is 0 Å². The van der Waals surface area contributed by atoms with Crippen molar-refractivity contribution in [3.8, 4) is 0 Å².